The lowest BCUT2D eigenvalue weighted by Crippen LogP contribution is -2.41. The number of primary amides is 1. The molecule has 0 unspecified atom stereocenters. The third kappa shape index (κ3) is 6.03. The summed E-state index contributed by atoms with van der Waals surface area (Å²) in [7, 11) is 0. The minimum Gasteiger partial charge on any atom is -0.361 e. The van der Waals surface area contributed by atoms with Crippen molar-refractivity contribution in [2.45, 2.75) is 64.2 Å². The molecule has 1 saturated heterocycles. The maximum Gasteiger partial charge on any atom is 0.311 e. The summed E-state index contributed by atoms with van der Waals surface area (Å²) in [6.07, 6.45) is 12.0. The Labute approximate surface area is 110 Å². The van der Waals surface area contributed by atoms with Gasteiger partial charge in [0.1, 0.15) is 0 Å². The van der Waals surface area contributed by atoms with Crippen LogP contribution in [0.4, 0.5) is 0 Å². The van der Waals surface area contributed by atoms with Crippen LogP contribution in [-0.2, 0) is 9.59 Å². The summed E-state index contributed by atoms with van der Waals surface area (Å²) in [5.74, 6) is -1.33. The predicted molar refractivity (Wildman–Crippen MR) is 71.9 cm³/mol. The molecule has 0 radical (unpaired) electrons. The minimum absolute atomic E-state index is 0.509. The Kier molecular flexibility index (Phi) is 7.46. The summed E-state index contributed by atoms with van der Waals surface area (Å²) in [4.78, 5) is 24.2. The fraction of sp³-hybridized carbons (Fsp3) is 0.857. The molecule has 2 amide bonds. The fourth-order valence-electron chi connectivity index (χ4n) is 2.49. The number of carbonyl (C=O) groups is 2. The first-order valence-electron chi connectivity index (χ1n) is 7.30. The molecule has 1 heterocycles. The molecule has 2 N–H and O–H groups in total. The molecule has 0 atom stereocenters. The van der Waals surface area contributed by atoms with E-state index in [0.717, 1.165) is 25.7 Å². The maximum absolute atomic E-state index is 11.6. The molecule has 0 spiro atoms. The van der Waals surface area contributed by atoms with Crippen LogP contribution in [0.25, 0.3) is 0 Å². The van der Waals surface area contributed by atoms with Gasteiger partial charge in [-0.1, -0.05) is 51.4 Å². The molecule has 104 valence electrons. The number of hydrogen-bond donors (Lipinski definition) is 1. The Balaban J connectivity index is 2.42. The van der Waals surface area contributed by atoms with Crippen LogP contribution in [0.1, 0.15) is 64.2 Å². The molecule has 4 nitrogen and oxygen atoms in total. The van der Waals surface area contributed by atoms with E-state index < -0.39 is 11.8 Å². The van der Waals surface area contributed by atoms with Gasteiger partial charge in [-0.25, -0.2) is 0 Å². The molecule has 1 fully saturated rings. The number of nitrogens with two attached hydrogens (primary N) is 1. The van der Waals surface area contributed by atoms with Crippen LogP contribution in [0.5, 0.6) is 0 Å². The van der Waals surface area contributed by atoms with Crippen molar-refractivity contribution in [1.29, 1.82) is 0 Å². The zero-order valence-corrected chi connectivity index (χ0v) is 11.3. The summed E-state index contributed by atoms with van der Waals surface area (Å²) in [6.45, 7) is 1.36. The van der Waals surface area contributed by atoms with Crippen LogP contribution in [0.15, 0.2) is 0 Å². The van der Waals surface area contributed by atoms with Crippen molar-refractivity contribution < 1.29 is 9.59 Å². The fourth-order valence-corrected chi connectivity index (χ4v) is 2.49. The van der Waals surface area contributed by atoms with Crippen LogP contribution in [0.3, 0.4) is 0 Å². The Hall–Kier alpha value is -1.06. The normalized spacial score (nSPS) is 20.3. The van der Waals surface area contributed by atoms with Gasteiger partial charge in [0.25, 0.3) is 0 Å². The van der Waals surface area contributed by atoms with E-state index in [2.05, 4.69) is 0 Å². The first-order valence-corrected chi connectivity index (χ1v) is 7.30. The lowest BCUT2D eigenvalue weighted by Gasteiger charge is -2.20. The molecule has 0 saturated carbocycles. The smallest absolute Gasteiger partial charge is 0.311 e. The largest absolute Gasteiger partial charge is 0.361 e. The minimum atomic E-state index is -0.820. The van der Waals surface area contributed by atoms with Crippen molar-refractivity contribution in [2.24, 2.45) is 5.73 Å². The third-order valence-corrected chi connectivity index (χ3v) is 3.60. The molecule has 0 aromatic heterocycles. The van der Waals surface area contributed by atoms with Crippen LogP contribution in [-0.4, -0.2) is 29.8 Å². The first-order chi connectivity index (χ1) is 8.72. The summed E-state index contributed by atoms with van der Waals surface area (Å²) in [5, 5.41) is 0. The average Bonchev–Trinajstić information content (AvgIpc) is 2.38. The first kappa shape index (κ1) is 15.0. The van der Waals surface area contributed by atoms with Crippen LogP contribution < -0.4 is 5.73 Å². The number of nitrogens with zero attached hydrogens (tertiary/aromatic N) is 1. The number of carbonyl (C=O) groups excluding carboxylic acids is 2. The second-order valence-corrected chi connectivity index (χ2v) is 5.19. The molecule has 0 aromatic rings. The third-order valence-electron chi connectivity index (χ3n) is 3.60. The van der Waals surface area contributed by atoms with Gasteiger partial charge >= 0.3 is 11.8 Å². The highest BCUT2D eigenvalue weighted by atomic mass is 16.2. The van der Waals surface area contributed by atoms with Gasteiger partial charge < -0.3 is 10.6 Å². The molecule has 0 aliphatic carbocycles. The zero-order valence-electron chi connectivity index (χ0n) is 11.3. The monoisotopic (exact) mass is 254 g/mol. The van der Waals surface area contributed by atoms with Crippen molar-refractivity contribution in [1.82, 2.24) is 4.90 Å². The van der Waals surface area contributed by atoms with E-state index in [0.29, 0.717) is 13.1 Å². The van der Waals surface area contributed by atoms with Gasteiger partial charge in [0.2, 0.25) is 0 Å². The van der Waals surface area contributed by atoms with Gasteiger partial charge in [0.05, 0.1) is 0 Å². The molecule has 1 rings (SSSR count). The Morgan fingerprint density at radius 1 is 0.667 bits per heavy atom. The SMILES string of the molecule is NC(=O)C(=O)N1CCCCCCCCCCCC1. The van der Waals surface area contributed by atoms with Gasteiger partial charge in [0, 0.05) is 13.1 Å². The Morgan fingerprint density at radius 2 is 1.00 bits per heavy atom. The molecule has 0 bridgehead atoms. The maximum atomic E-state index is 11.6. The number of rotatable bonds is 0. The number of amides is 2. The molecular weight excluding hydrogens is 228 g/mol. The Bertz CT molecular complexity index is 253. The van der Waals surface area contributed by atoms with Gasteiger partial charge in [0.15, 0.2) is 0 Å². The second-order valence-electron chi connectivity index (χ2n) is 5.19. The quantitative estimate of drug-likeness (QED) is 0.674. The van der Waals surface area contributed by atoms with Crippen LogP contribution in [0.2, 0.25) is 0 Å². The van der Waals surface area contributed by atoms with Gasteiger partial charge in [-0.05, 0) is 12.8 Å². The summed E-state index contributed by atoms with van der Waals surface area (Å²) in [6, 6.07) is 0. The summed E-state index contributed by atoms with van der Waals surface area (Å²) >= 11 is 0. The zero-order chi connectivity index (χ0) is 13.2. The second kappa shape index (κ2) is 8.95. The average molecular weight is 254 g/mol. The van der Waals surface area contributed by atoms with Crippen molar-refractivity contribution in [2.75, 3.05) is 13.1 Å². The molecule has 0 aromatic carbocycles. The van der Waals surface area contributed by atoms with E-state index in [1.54, 1.807) is 4.90 Å². The van der Waals surface area contributed by atoms with Crippen molar-refractivity contribution in [3.8, 4) is 0 Å². The highest BCUT2D eigenvalue weighted by molar-refractivity contribution is 6.34. The molecule has 18 heavy (non-hydrogen) atoms. The van der Waals surface area contributed by atoms with Crippen molar-refractivity contribution in [3.63, 3.8) is 0 Å². The molecule has 4 heteroatoms. The van der Waals surface area contributed by atoms with Crippen LogP contribution >= 0.6 is 0 Å². The van der Waals surface area contributed by atoms with E-state index in [1.165, 1.54) is 38.5 Å². The summed E-state index contributed by atoms with van der Waals surface area (Å²) < 4.78 is 0. The van der Waals surface area contributed by atoms with E-state index in [1.807, 2.05) is 0 Å². The van der Waals surface area contributed by atoms with E-state index in [-0.39, 0.29) is 0 Å². The van der Waals surface area contributed by atoms with E-state index >= 15 is 0 Å². The molecular formula is C14H26N2O2. The van der Waals surface area contributed by atoms with Gasteiger partial charge in [-0.3, -0.25) is 9.59 Å². The van der Waals surface area contributed by atoms with E-state index in [4.69, 9.17) is 5.73 Å². The standard InChI is InChI=1S/C14H26N2O2/c15-13(17)14(18)16-11-9-7-5-3-1-2-4-6-8-10-12-16/h1-12H2,(H2,15,17). The van der Waals surface area contributed by atoms with Gasteiger partial charge in [-0.2, -0.15) is 0 Å². The van der Waals surface area contributed by atoms with Crippen molar-refractivity contribution >= 4 is 11.8 Å². The lowest BCUT2D eigenvalue weighted by molar-refractivity contribution is -0.144. The number of hydrogen-bond acceptors (Lipinski definition) is 2. The van der Waals surface area contributed by atoms with Crippen LogP contribution in [0, 0.1) is 0 Å². The molecule has 1 aliphatic heterocycles. The van der Waals surface area contributed by atoms with Crippen molar-refractivity contribution in [3.05, 3.63) is 0 Å². The van der Waals surface area contributed by atoms with Gasteiger partial charge in [-0.15, -0.1) is 0 Å². The lowest BCUT2D eigenvalue weighted by atomic mass is 10.1. The van der Waals surface area contributed by atoms with E-state index in [9.17, 15) is 9.59 Å². The highest BCUT2D eigenvalue weighted by Gasteiger charge is 2.17. The highest BCUT2D eigenvalue weighted by Crippen LogP contribution is 2.13. The predicted octanol–water partition coefficient (Wildman–Crippen LogP) is 2.21. The Morgan fingerprint density at radius 3 is 1.33 bits per heavy atom. The topological polar surface area (TPSA) is 63.4 Å². The molecule has 1 aliphatic rings. The summed E-state index contributed by atoms with van der Waals surface area (Å²) in [5.41, 5.74) is 5.08.